The first kappa shape index (κ1) is 16.4. The number of pyridine rings is 1. The minimum atomic E-state index is -0.484. The maximum absolute atomic E-state index is 12.1. The van der Waals surface area contributed by atoms with E-state index in [1.165, 1.54) is 12.3 Å². The lowest BCUT2D eigenvalue weighted by Gasteiger charge is -2.17. The highest BCUT2D eigenvalue weighted by Crippen LogP contribution is 2.18. The van der Waals surface area contributed by atoms with Crippen LogP contribution in [-0.4, -0.2) is 29.4 Å². The maximum Gasteiger partial charge on any atom is 0.287 e. The van der Waals surface area contributed by atoms with Gasteiger partial charge in [-0.1, -0.05) is 18.2 Å². The lowest BCUT2D eigenvalue weighted by Crippen LogP contribution is -2.28. The molecule has 0 aliphatic rings. The first-order chi connectivity index (χ1) is 11.0. The summed E-state index contributed by atoms with van der Waals surface area (Å²) in [5.74, 6) is 0.522. The Bertz CT molecular complexity index is 704. The molecule has 2 aromatic rings. The number of benzene rings is 1. The predicted octanol–water partition coefficient (Wildman–Crippen LogP) is 2.76. The molecule has 0 aliphatic carbocycles. The molecule has 0 fully saturated rings. The molecule has 2 rings (SSSR count). The highest BCUT2D eigenvalue weighted by Gasteiger charge is 2.12. The number of para-hydroxylation sites is 1. The molecule has 0 aliphatic heterocycles. The van der Waals surface area contributed by atoms with Gasteiger partial charge in [-0.25, -0.2) is 4.98 Å². The van der Waals surface area contributed by atoms with Crippen molar-refractivity contribution in [2.75, 3.05) is 23.8 Å². The maximum atomic E-state index is 12.1. The third-order valence-electron chi connectivity index (χ3n) is 3.42. The van der Waals surface area contributed by atoms with Gasteiger partial charge < -0.3 is 10.2 Å². The van der Waals surface area contributed by atoms with Crippen molar-refractivity contribution in [2.45, 2.75) is 13.3 Å². The first-order valence-electron chi connectivity index (χ1n) is 7.15. The molecule has 1 aromatic carbocycles. The van der Waals surface area contributed by atoms with Gasteiger partial charge in [0.1, 0.15) is 12.0 Å². The van der Waals surface area contributed by atoms with Gasteiger partial charge in [0.25, 0.3) is 5.69 Å². The normalized spacial score (nSPS) is 10.2. The minimum Gasteiger partial charge on any atom is -0.369 e. The summed E-state index contributed by atoms with van der Waals surface area (Å²) in [6.45, 7) is 2.14. The van der Waals surface area contributed by atoms with Crippen molar-refractivity contribution in [3.63, 3.8) is 0 Å². The molecule has 120 valence electrons. The zero-order valence-corrected chi connectivity index (χ0v) is 13.0. The van der Waals surface area contributed by atoms with E-state index in [4.69, 9.17) is 0 Å². The van der Waals surface area contributed by atoms with Gasteiger partial charge >= 0.3 is 0 Å². The second-order valence-corrected chi connectivity index (χ2v) is 5.08. The lowest BCUT2D eigenvalue weighted by molar-refractivity contribution is -0.385. The number of aromatic nitrogens is 1. The Labute approximate surface area is 134 Å². The fraction of sp³-hybridized carbons (Fsp3) is 0.250. The average Bonchev–Trinajstić information content (AvgIpc) is 2.56. The summed E-state index contributed by atoms with van der Waals surface area (Å²) in [5.41, 5.74) is 1.46. The largest absolute Gasteiger partial charge is 0.369 e. The van der Waals surface area contributed by atoms with Gasteiger partial charge in [0.2, 0.25) is 5.91 Å². The molecule has 23 heavy (non-hydrogen) atoms. The molecule has 0 radical (unpaired) electrons. The molecule has 1 N–H and O–H groups in total. The van der Waals surface area contributed by atoms with Gasteiger partial charge in [-0.3, -0.25) is 14.9 Å². The fourth-order valence-corrected chi connectivity index (χ4v) is 2.10. The number of nitro groups is 1. The van der Waals surface area contributed by atoms with Gasteiger partial charge in [0, 0.05) is 31.8 Å². The van der Waals surface area contributed by atoms with Crippen molar-refractivity contribution in [1.29, 1.82) is 0 Å². The number of nitrogens with zero attached hydrogens (tertiary/aromatic N) is 3. The zero-order valence-electron chi connectivity index (χ0n) is 13.0. The zero-order chi connectivity index (χ0) is 16.8. The summed E-state index contributed by atoms with van der Waals surface area (Å²) < 4.78 is 0. The van der Waals surface area contributed by atoms with E-state index >= 15 is 0 Å². The van der Waals surface area contributed by atoms with Crippen molar-refractivity contribution in [1.82, 2.24) is 4.98 Å². The number of rotatable bonds is 6. The van der Waals surface area contributed by atoms with Crippen LogP contribution < -0.4 is 10.2 Å². The lowest BCUT2D eigenvalue weighted by atomic mass is 10.2. The summed E-state index contributed by atoms with van der Waals surface area (Å²) in [4.78, 5) is 27.9. The van der Waals surface area contributed by atoms with Gasteiger partial charge in [0.05, 0.1) is 4.92 Å². The van der Waals surface area contributed by atoms with E-state index in [1.807, 2.05) is 30.3 Å². The Kier molecular flexibility index (Phi) is 5.24. The van der Waals surface area contributed by atoms with E-state index in [0.29, 0.717) is 24.3 Å². The molecule has 0 bridgehead atoms. The third-order valence-corrected chi connectivity index (χ3v) is 3.42. The number of amides is 1. The van der Waals surface area contributed by atoms with E-state index in [0.717, 1.165) is 5.69 Å². The molecule has 0 unspecified atom stereocenters. The first-order valence-corrected chi connectivity index (χ1v) is 7.15. The Morgan fingerprint density at radius 1 is 1.35 bits per heavy atom. The number of anilines is 2. The Balaban J connectivity index is 1.90. The molecule has 0 spiro atoms. The monoisotopic (exact) mass is 314 g/mol. The van der Waals surface area contributed by atoms with Gasteiger partial charge in [-0.05, 0) is 24.6 Å². The van der Waals surface area contributed by atoms with E-state index in [9.17, 15) is 14.9 Å². The van der Waals surface area contributed by atoms with Crippen LogP contribution in [0.5, 0.6) is 0 Å². The Morgan fingerprint density at radius 2 is 2.04 bits per heavy atom. The molecule has 0 saturated heterocycles. The highest BCUT2D eigenvalue weighted by atomic mass is 16.6. The molecule has 0 atom stereocenters. The van der Waals surface area contributed by atoms with Crippen LogP contribution >= 0.6 is 0 Å². The third kappa shape index (κ3) is 4.26. The Morgan fingerprint density at radius 3 is 2.65 bits per heavy atom. The quantitative estimate of drug-likeness (QED) is 0.654. The van der Waals surface area contributed by atoms with Crippen LogP contribution in [0.3, 0.4) is 0 Å². The van der Waals surface area contributed by atoms with Gasteiger partial charge in [0.15, 0.2) is 0 Å². The minimum absolute atomic E-state index is 0.0248. The second-order valence-electron chi connectivity index (χ2n) is 5.08. The molecular weight excluding hydrogens is 296 g/mol. The van der Waals surface area contributed by atoms with Crippen LogP contribution in [0.15, 0.2) is 42.6 Å². The van der Waals surface area contributed by atoms with Crippen molar-refractivity contribution in [2.24, 2.45) is 0 Å². The van der Waals surface area contributed by atoms with E-state index < -0.39 is 4.92 Å². The van der Waals surface area contributed by atoms with Crippen LogP contribution in [-0.2, 0) is 4.79 Å². The highest BCUT2D eigenvalue weighted by molar-refractivity contribution is 5.93. The number of nitrogens with one attached hydrogen (secondary N) is 1. The number of hydrogen-bond acceptors (Lipinski definition) is 5. The molecule has 7 nitrogen and oxygen atoms in total. The van der Waals surface area contributed by atoms with Gasteiger partial charge in [-0.15, -0.1) is 0 Å². The summed E-state index contributed by atoms with van der Waals surface area (Å²) in [6, 6.07) is 10.8. The summed E-state index contributed by atoms with van der Waals surface area (Å²) in [5, 5.41) is 13.7. The predicted molar refractivity (Wildman–Crippen MR) is 88.6 cm³/mol. The topological polar surface area (TPSA) is 88.4 Å². The molecule has 1 heterocycles. The number of carbonyl (C=O) groups is 1. The van der Waals surface area contributed by atoms with Crippen LogP contribution in [0.2, 0.25) is 0 Å². The van der Waals surface area contributed by atoms with E-state index in [1.54, 1.807) is 18.9 Å². The molecular formula is C16H18N4O3. The van der Waals surface area contributed by atoms with Crippen molar-refractivity contribution < 1.29 is 9.72 Å². The standard InChI is InChI=1S/C16H18N4O3/c1-12-10-14(20(22)23)11-18-16(12)17-9-8-15(21)19(2)13-6-4-3-5-7-13/h3-7,10-11H,8-9H2,1-2H3,(H,17,18). The van der Waals surface area contributed by atoms with Crippen molar-refractivity contribution in [3.8, 4) is 0 Å². The van der Waals surface area contributed by atoms with E-state index in [-0.39, 0.29) is 11.6 Å². The summed E-state index contributed by atoms with van der Waals surface area (Å²) in [7, 11) is 1.73. The van der Waals surface area contributed by atoms with Crippen LogP contribution in [0.25, 0.3) is 0 Å². The number of carbonyl (C=O) groups excluding carboxylic acids is 1. The molecule has 1 aromatic heterocycles. The van der Waals surface area contributed by atoms with Crippen molar-refractivity contribution in [3.05, 3.63) is 58.3 Å². The average molecular weight is 314 g/mol. The fourth-order valence-electron chi connectivity index (χ4n) is 2.10. The van der Waals surface area contributed by atoms with Crippen LogP contribution in [0, 0.1) is 17.0 Å². The number of aryl methyl sites for hydroxylation is 1. The summed E-state index contributed by atoms with van der Waals surface area (Å²) >= 11 is 0. The Hall–Kier alpha value is -2.96. The van der Waals surface area contributed by atoms with Crippen molar-refractivity contribution >= 4 is 23.1 Å². The molecule has 0 saturated carbocycles. The van der Waals surface area contributed by atoms with Crippen LogP contribution in [0.1, 0.15) is 12.0 Å². The smallest absolute Gasteiger partial charge is 0.287 e. The molecule has 1 amide bonds. The summed E-state index contributed by atoms with van der Waals surface area (Å²) in [6.07, 6.45) is 1.50. The molecule has 7 heteroatoms. The number of hydrogen-bond donors (Lipinski definition) is 1. The van der Waals surface area contributed by atoms with Gasteiger partial charge in [-0.2, -0.15) is 0 Å². The van der Waals surface area contributed by atoms with Crippen LogP contribution in [0.4, 0.5) is 17.2 Å². The van der Waals surface area contributed by atoms with E-state index in [2.05, 4.69) is 10.3 Å². The SMILES string of the molecule is Cc1cc([N+](=O)[O-])cnc1NCCC(=O)N(C)c1ccccc1. The second kappa shape index (κ2) is 7.35.